The Balaban J connectivity index is 1.94. The molecule has 0 unspecified atom stereocenters. The molecule has 0 spiro atoms. The van der Waals surface area contributed by atoms with E-state index < -0.39 is 22.5 Å². The van der Waals surface area contributed by atoms with Crippen molar-refractivity contribution in [2.24, 2.45) is 0 Å². The van der Waals surface area contributed by atoms with Crippen molar-refractivity contribution in [2.75, 3.05) is 23.3 Å². The second-order valence-electron chi connectivity index (χ2n) is 6.37. The number of anilines is 2. The molecule has 0 aliphatic carbocycles. The average molecular weight is 500 g/mol. The summed E-state index contributed by atoms with van der Waals surface area (Å²) < 4.78 is 32.8. The van der Waals surface area contributed by atoms with Gasteiger partial charge in [0.25, 0.3) is 10.0 Å². The molecule has 162 valence electrons. The second-order valence-corrected chi connectivity index (χ2v) is 9.54. The molecule has 10 heteroatoms. The Hall–Kier alpha value is -2.45. The molecule has 6 nitrogen and oxygen atoms in total. The number of ether oxygens (including phenoxy) is 1. The molecule has 0 saturated carbocycles. The molecule has 0 radical (unpaired) electrons. The summed E-state index contributed by atoms with van der Waals surface area (Å²) >= 11 is 17.8. The van der Waals surface area contributed by atoms with Gasteiger partial charge in [-0.15, -0.1) is 0 Å². The predicted molar refractivity (Wildman–Crippen MR) is 124 cm³/mol. The summed E-state index contributed by atoms with van der Waals surface area (Å²) in [6, 6.07) is 16.5. The third kappa shape index (κ3) is 5.83. The molecule has 0 bridgehead atoms. The van der Waals surface area contributed by atoms with Gasteiger partial charge in [-0.05, 0) is 66.7 Å². The number of carbonyl (C=O) groups is 1. The lowest BCUT2D eigenvalue weighted by Crippen LogP contribution is -2.38. The molecule has 0 aliphatic rings. The van der Waals surface area contributed by atoms with Crippen molar-refractivity contribution in [1.82, 2.24) is 0 Å². The summed E-state index contributed by atoms with van der Waals surface area (Å²) in [4.78, 5) is 12.7. The monoisotopic (exact) mass is 498 g/mol. The van der Waals surface area contributed by atoms with Gasteiger partial charge in [-0.25, -0.2) is 8.42 Å². The minimum atomic E-state index is -4.07. The van der Waals surface area contributed by atoms with Crippen molar-refractivity contribution in [1.29, 1.82) is 0 Å². The van der Waals surface area contributed by atoms with Crippen molar-refractivity contribution in [3.63, 3.8) is 0 Å². The Morgan fingerprint density at radius 2 is 1.48 bits per heavy atom. The number of benzene rings is 3. The van der Waals surface area contributed by atoms with Gasteiger partial charge in [0, 0.05) is 20.8 Å². The average Bonchev–Trinajstić information content (AvgIpc) is 2.71. The molecule has 3 rings (SSSR count). The van der Waals surface area contributed by atoms with Gasteiger partial charge in [0.05, 0.1) is 17.7 Å². The predicted octanol–water partition coefficient (Wildman–Crippen LogP) is 5.49. The minimum Gasteiger partial charge on any atom is -0.497 e. The Morgan fingerprint density at radius 1 is 0.903 bits per heavy atom. The topological polar surface area (TPSA) is 75.7 Å². The second kappa shape index (κ2) is 9.78. The zero-order chi connectivity index (χ0) is 22.6. The number of rotatable bonds is 7. The van der Waals surface area contributed by atoms with Gasteiger partial charge in [-0.1, -0.05) is 34.8 Å². The molecule has 0 fully saturated rings. The van der Waals surface area contributed by atoms with Gasteiger partial charge in [-0.3, -0.25) is 9.10 Å². The van der Waals surface area contributed by atoms with Crippen LogP contribution in [-0.4, -0.2) is 28.0 Å². The first-order valence-electron chi connectivity index (χ1n) is 8.87. The Kier molecular flexibility index (Phi) is 7.33. The quantitative estimate of drug-likeness (QED) is 0.466. The normalized spacial score (nSPS) is 11.1. The van der Waals surface area contributed by atoms with E-state index >= 15 is 0 Å². The number of nitrogens with zero attached hydrogens (tertiary/aromatic N) is 1. The molecule has 0 aromatic heterocycles. The number of amides is 1. The van der Waals surface area contributed by atoms with E-state index in [0.29, 0.717) is 26.5 Å². The van der Waals surface area contributed by atoms with E-state index in [2.05, 4.69) is 5.32 Å². The fourth-order valence-corrected chi connectivity index (χ4v) is 4.83. The van der Waals surface area contributed by atoms with Crippen molar-refractivity contribution in [2.45, 2.75) is 4.90 Å². The van der Waals surface area contributed by atoms with Gasteiger partial charge in [0.1, 0.15) is 12.3 Å². The Labute approximate surface area is 195 Å². The van der Waals surface area contributed by atoms with Crippen LogP contribution in [0, 0.1) is 0 Å². The first-order chi connectivity index (χ1) is 14.7. The molecule has 0 aliphatic heterocycles. The zero-order valence-corrected chi connectivity index (χ0v) is 19.3. The molecule has 0 atom stereocenters. The first kappa shape index (κ1) is 23.2. The van der Waals surface area contributed by atoms with E-state index in [9.17, 15) is 13.2 Å². The third-order valence-electron chi connectivity index (χ3n) is 4.20. The maximum Gasteiger partial charge on any atom is 0.264 e. The van der Waals surface area contributed by atoms with E-state index in [4.69, 9.17) is 39.5 Å². The summed E-state index contributed by atoms with van der Waals surface area (Å²) in [5, 5.41) is 3.69. The number of hydrogen-bond acceptors (Lipinski definition) is 4. The van der Waals surface area contributed by atoms with Crippen LogP contribution in [0.3, 0.4) is 0 Å². The van der Waals surface area contributed by atoms with Gasteiger partial charge in [-0.2, -0.15) is 0 Å². The van der Waals surface area contributed by atoms with E-state index in [1.165, 1.54) is 49.6 Å². The van der Waals surface area contributed by atoms with Crippen molar-refractivity contribution >= 4 is 62.1 Å². The summed E-state index contributed by atoms with van der Waals surface area (Å²) in [5.74, 6) is -0.0303. The maximum atomic E-state index is 13.3. The lowest BCUT2D eigenvalue weighted by molar-refractivity contribution is -0.114. The Bertz CT molecular complexity index is 1160. The molecule has 3 aromatic carbocycles. The lowest BCUT2D eigenvalue weighted by Gasteiger charge is -2.24. The molecular formula is C21H17Cl3N2O4S. The largest absolute Gasteiger partial charge is 0.497 e. The third-order valence-corrected chi connectivity index (χ3v) is 6.67. The van der Waals surface area contributed by atoms with Crippen LogP contribution in [0.1, 0.15) is 0 Å². The summed E-state index contributed by atoms with van der Waals surface area (Å²) in [6.07, 6.45) is 0. The molecule has 0 heterocycles. The molecule has 0 saturated heterocycles. The van der Waals surface area contributed by atoms with Crippen molar-refractivity contribution < 1.29 is 17.9 Å². The fraction of sp³-hybridized carbons (Fsp3) is 0.0952. The number of sulfonamides is 1. The van der Waals surface area contributed by atoms with E-state index in [1.807, 2.05) is 0 Å². The minimum absolute atomic E-state index is 0.00804. The van der Waals surface area contributed by atoms with E-state index in [-0.39, 0.29) is 10.6 Å². The molecule has 1 amide bonds. The summed E-state index contributed by atoms with van der Waals surface area (Å²) in [7, 11) is -2.57. The number of hydrogen-bond donors (Lipinski definition) is 1. The van der Waals surface area contributed by atoms with E-state index in [0.717, 1.165) is 4.31 Å². The van der Waals surface area contributed by atoms with Crippen LogP contribution in [0.25, 0.3) is 0 Å². The maximum absolute atomic E-state index is 13.3. The van der Waals surface area contributed by atoms with Crippen LogP contribution in [-0.2, 0) is 14.8 Å². The van der Waals surface area contributed by atoms with Gasteiger partial charge >= 0.3 is 0 Å². The smallest absolute Gasteiger partial charge is 0.264 e. The van der Waals surface area contributed by atoms with Crippen LogP contribution in [0.15, 0.2) is 71.6 Å². The molecular weight excluding hydrogens is 483 g/mol. The highest BCUT2D eigenvalue weighted by atomic mass is 35.5. The van der Waals surface area contributed by atoms with Gasteiger partial charge in [0.15, 0.2) is 0 Å². The van der Waals surface area contributed by atoms with Gasteiger partial charge < -0.3 is 10.1 Å². The van der Waals surface area contributed by atoms with Gasteiger partial charge in [0.2, 0.25) is 5.91 Å². The van der Waals surface area contributed by atoms with Crippen LogP contribution in [0.5, 0.6) is 5.75 Å². The van der Waals surface area contributed by atoms with Crippen LogP contribution < -0.4 is 14.4 Å². The number of halogens is 3. The number of carbonyl (C=O) groups excluding carboxylic acids is 1. The number of nitrogens with one attached hydrogen (secondary N) is 1. The Morgan fingerprint density at radius 3 is 2.03 bits per heavy atom. The highest BCUT2D eigenvalue weighted by Crippen LogP contribution is 2.27. The lowest BCUT2D eigenvalue weighted by atomic mass is 10.3. The summed E-state index contributed by atoms with van der Waals surface area (Å²) in [6.45, 7) is -0.485. The van der Waals surface area contributed by atoms with Crippen LogP contribution in [0.2, 0.25) is 15.1 Å². The number of methoxy groups -OCH3 is 1. The first-order valence-corrected chi connectivity index (χ1v) is 11.4. The van der Waals surface area contributed by atoms with Crippen LogP contribution in [0.4, 0.5) is 11.4 Å². The fourth-order valence-electron chi connectivity index (χ4n) is 2.75. The van der Waals surface area contributed by atoms with Crippen molar-refractivity contribution in [3.05, 3.63) is 81.8 Å². The van der Waals surface area contributed by atoms with E-state index in [1.54, 1.807) is 24.3 Å². The highest BCUT2D eigenvalue weighted by molar-refractivity contribution is 7.92. The molecule has 31 heavy (non-hydrogen) atoms. The molecule has 3 aromatic rings. The SMILES string of the molecule is COc1ccc(N(CC(=O)Nc2cc(Cl)cc(Cl)c2)S(=O)(=O)c2ccc(Cl)cc2)cc1. The zero-order valence-electron chi connectivity index (χ0n) is 16.2. The summed E-state index contributed by atoms with van der Waals surface area (Å²) in [5.41, 5.74) is 0.635. The van der Waals surface area contributed by atoms with Crippen molar-refractivity contribution in [3.8, 4) is 5.75 Å². The molecule has 1 N–H and O–H groups in total. The van der Waals surface area contributed by atoms with Crippen LogP contribution >= 0.6 is 34.8 Å². The highest BCUT2D eigenvalue weighted by Gasteiger charge is 2.27. The standard InChI is InChI=1S/C21H17Cl3N2O4S/c1-30-19-6-4-18(5-7-19)26(31(28,29)20-8-2-14(22)3-9-20)13-21(27)25-17-11-15(23)10-16(24)12-17/h2-12H,13H2,1H3,(H,25,27).